The molecule has 0 saturated heterocycles. The van der Waals surface area contributed by atoms with Crippen molar-refractivity contribution in [3.05, 3.63) is 59.1 Å². The number of hydrogen-bond acceptors (Lipinski definition) is 4. The lowest BCUT2D eigenvalue weighted by Crippen LogP contribution is -2.32. The van der Waals surface area contributed by atoms with Gasteiger partial charge >= 0.3 is 0 Å². The molecule has 1 atom stereocenters. The van der Waals surface area contributed by atoms with Crippen molar-refractivity contribution in [1.29, 1.82) is 0 Å². The molecule has 0 spiro atoms. The lowest BCUT2D eigenvalue weighted by Gasteiger charge is -2.16. The summed E-state index contributed by atoms with van der Waals surface area (Å²) in [7, 11) is 0. The summed E-state index contributed by atoms with van der Waals surface area (Å²) in [5, 5.41) is 19.0. The summed E-state index contributed by atoms with van der Waals surface area (Å²) in [6.07, 6.45) is 1.67. The molecule has 110 valence electrons. The van der Waals surface area contributed by atoms with E-state index in [-0.39, 0.29) is 12.5 Å². The van der Waals surface area contributed by atoms with E-state index in [4.69, 9.17) is 12.2 Å². The molecule has 6 nitrogen and oxygen atoms in total. The Hall–Kier alpha value is -2.25. The van der Waals surface area contributed by atoms with Gasteiger partial charge in [-0.1, -0.05) is 24.3 Å². The highest BCUT2D eigenvalue weighted by molar-refractivity contribution is 7.71. The Morgan fingerprint density at radius 2 is 2.24 bits per heavy atom. The molecule has 0 aliphatic rings. The van der Waals surface area contributed by atoms with Gasteiger partial charge in [0.15, 0.2) is 10.6 Å². The van der Waals surface area contributed by atoms with Gasteiger partial charge in [0.1, 0.15) is 6.04 Å². The highest BCUT2D eigenvalue weighted by Gasteiger charge is 2.20. The zero-order valence-corrected chi connectivity index (χ0v) is 12.1. The summed E-state index contributed by atoms with van der Waals surface area (Å²) in [4.78, 5) is 12.1. The van der Waals surface area contributed by atoms with Gasteiger partial charge < -0.3 is 10.4 Å². The molecule has 0 radical (unpaired) electrons. The SMILES string of the molecule is C=CCn1c([C@H](CO)NC(=O)c2ccccc2)n[nH]c1=S. The van der Waals surface area contributed by atoms with Crippen molar-refractivity contribution in [3.63, 3.8) is 0 Å². The monoisotopic (exact) mass is 304 g/mol. The number of rotatable bonds is 6. The molecule has 1 aromatic carbocycles. The van der Waals surface area contributed by atoms with Crippen LogP contribution in [0.3, 0.4) is 0 Å². The Morgan fingerprint density at radius 1 is 1.52 bits per heavy atom. The fourth-order valence-electron chi connectivity index (χ4n) is 1.92. The summed E-state index contributed by atoms with van der Waals surface area (Å²) in [6.45, 7) is 3.82. The second-order valence-corrected chi connectivity index (χ2v) is 4.75. The van der Waals surface area contributed by atoms with E-state index in [1.54, 1.807) is 34.9 Å². The highest BCUT2D eigenvalue weighted by Crippen LogP contribution is 2.12. The maximum Gasteiger partial charge on any atom is 0.251 e. The second kappa shape index (κ2) is 6.96. The highest BCUT2D eigenvalue weighted by atomic mass is 32.1. The van der Waals surface area contributed by atoms with Gasteiger partial charge in [-0.25, -0.2) is 0 Å². The molecule has 0 bridgehead atoms. The first-order chi connectivity index (χ1) is 10.2. The molecule has 0 fully saturated rings. The van der Waals surface area contributed by atoms with E-state index in [0.717, 1.165) is 0 Å². The Balaban J connectivity index is 2.23. The van der Waals surface area contributed by atoms with E-state index >= 15 is 0 Å². The Labute approximate surface area is 127 Å². The zero-order chi connectivity index (χ0) is 15.2. The van der Waals surface area contributed by atoms with Crippen LogP contribution in [0.1, 0.15) is 22.2 Å². The lowest BCUT2D eigenvalue weighted by molar-refractivity contribution is 0.0911. The van der Waals surface area contributed by atoms with Gasteiger partial charge in [-0.15, -0.1) is 6.58 Å². The Kier molecular flexibility index (Phi) is 5.02. The van der Waals surface area contributed by atoms with Crippen LogP contribution in [0.15, 0.2) is 43.0 Å². The quantitative estimate of drug-likeness (QED) is 0.559. The summed E-state index contributed by atoms with van der Waals surface area (Å²) in [6, 6.07) is 8.13. The number of allylic oxidation sites excluding steroid dienone is 1. The summed E-state index contributed by atoms with van der Waals surface area (Å²) < 4.78 is 2.09. The minimum atomic E-state index is -0.648. The maximum atomic E-state index is 12.1. The number of aliphatic hydroxyl groups is 1. The van der Waals surface area contributed by atoms with Crippen LogP contribution in [-0.4, -0.2) is 32.4 Å². The minimum absolute atomic E-state index is 0.282. The van der Waals surface area contributed by atoms with E-state index in [2.05, 4.69) is 22.1 Å². The van der Waals surface area contributed by atoms with Crippen molar-refractivity contribution in [2.45, 2.75) is 12.6 Å². The molecule has 1 aromatic heterocycles. The molecule has 0 aliphatic heterocycles. The standard InChI is InChI=1S/C14H16N4O2S/c1-2-8-18-12(16-17-14(18)21)11(9-19)15-13(20)10-6-4-3-5-7-10/h2-7,11,19H,1,8-9H2,(H,15,20)(H,17,21)/t11-/m0/s1. The van der Waals surface area contributed by atoms with Gasteiger partial charge in [0.05, 0.1) is 6.61 Å². The Morgan fingerprint density at radius 3 is 2.86 bits per heavy atom. The van der Waals surface area contributed by atoms with Crippen LogP contribution < -0.4 is 5.32 Å². The number of nitrogens with zero attached hydrogens (tertiary/aromatic N) is 2. The third kappa shape index (κ3) is 3.45. The first-order valence-electron chi connectivity index (χ1n) is 6.40. The largest absolute Gasteiger partial charge is 0.394 e. The second-order valence-electron chi connectivity index (χ2n) is 4.36. The number of benzene rings is 1. The average Bonchev–Trinajstić information content (AvgIpc) is 2.87. The minimum Gasteiger partial charge on any atom is -0.394 e. The number of aliphatic hydroxyl groups excluding tert-OH is 1. The first-order valence-corrected chi connectivity index (χ1v) is 6.81. The van der Waals surface area contributed by atoms with Crippen molar-refractivity contribution < 1.29 is 9.90 Å². The summed E-state index contributed by atoms with van der Waals surface area (Å²) >= 11 is 5.12. The molecular formula is C14H16N4O2S. The lowest BCUT2D eigenvalue weighted by atomic mass is 10.2. The van der Waals surface area contributed by atoms with Crippen LogP contribution in [0.2, 0.25) is 0 Å². The number of carbonyl (C=O) groups is 1. The predicted molar refractivity (Wildman–Crippen MR) is 81.3 cm³/mol. The predicted octanol–water partition coefficient (Wildman–Crippen LogP) is 1.59. The fraction of sp³-hybridized carbons (Fsp3) is 0.214. The van der Waals surface area contributed by atoms with E-state index in [0.29, 0.717) is 22.7 Å². The molecule has 21 heavy (non-hydrogen) atoms. The number of carbonyl (C=O) groups excluding carboxylic acids is 1. The zero-order valence-electron chi connectivity index (χ0n) is 11.3. The van der Waals surface area contributed by atoms with Gasteiger partial charge in [0.25, 0.3) is 5.91 Å². The third-order valence-electron chi connectivity index (χ3n) is 2.94. The number of hydrogen-bond donors (Lipinski definition) is 3. The van der Waals surface area contributed by atoms with Crippen LogP contribution in [-0.2, 0) is 6.54 Å². The molecule has 7 heteroatoms. The van der Waals surface area contributed by atoms with Crippen LogP contribution in [0.5, 0.6) is 0 Å². The number of aromatic amines is 1. The van der Waals surface area contributed by atoms with Crippen molar-refractivity contribution in [3.8, 4) is 0 Å². The van der Waals surface area contributed by atoms with E-state index in [1.807, 2.05) is 6.07 Å². The van der Waals surface area contributed by atoms with E-state index in [1.165, 1.54) is 0 Å². The van der Waals surface area contributed by atoms with Crippen molar-refractivity contribution in [2.75, 3.05) is 6.61 Å². The number of nitrogens with one attached hydrogen (secondary N) is 2. The van der Waals surface area contributed by atoms with Gasteiger partial charge in [-0.3, -0.25) is 14.5 Å². The fourth-order valence-corrected chi connectivity index (χ4v) is 2.14. The Bertz CT molecular complexity index is 678. The molecule has 1 amide bonds. The summed E-state index contributed by atoms with van der Waals surface area (Å²) in [5.74, 6) is 0.181. The molecule has 2 aromatic rings. The number of H-pyrrole nitrogens is 1. The van der Waals surface area contributed by atoms with Crippen molar-refractivity contribution in [2.24, 2.45) is 0 Å². The molecule has 1 heterocycles. The van der Waals surface area contributed by atoms with Crippen molar-refractivity contribution in [1.82, 2.24) is 20.1 Å². The molecule has 0 aliphatic carbocycles. The topological polar surface area (TPSA) is 82.9 Å². The smallest absolute Gasteiger partial charge is 0.251 e. The third-order valence-corrected chi connectivity index (χ3v) is 3.25. The van der Waals surface area contributed by atoms with Crippen LogP contribution >= 0.6 is 12.2 Å². The van der Waals surface area contributed by atoms with Crippen LogP contribution in [0.25, 0.3) is 0 Å². The van der Waals surface area contributed by atoms with Crippen LogP contribution in [0.4, 0.5) is 0 Å². The van der Waals surface area contributed by atoms with Gasteiger partial charge in [0, 0.05) is 12.1 Å². The van der Waals surface area contributed by atoms with E-state index in [9.17, 15) is 9.90 Å². The maximum absolute atomic E-state index is 12.1. The summed E-state index contributed by atoms with van der Waals surface area (Å²) in [5.41, 5.74) is 0.514. The normalized spacial score (nSPS) is 11.9. The van der Waals surface area contributed by atoms with E-state index < -0.39 is 6.04 Å². The van der Waals surface area contributed by atoms with Gasteiger partial charge in [-0.2, -0.15) is 5.10 Å². The number of amides is 1. The first kappa shape index (κ1) is 15.1. The van der Waals surface area contributed by atoms with Crippen LogP contribution in [0, 0.1) is 4.77 Å². The van der Waals surface area contributed by atoms with Gasteiger partial charge in [0.2, 0.25) is 0 Å². The van der Waals surface area contributed by atoms with Gasteiger partial charge in [-0.05, 0) is 24.4 Å². The average molecular weight is 304 g/mol. The van der Waals surface area contributed by atoms with Crippen molar-refractivity contribution >= 4 is 18.1 Å². The molecular weight excluding hydrogens is 288 g/mol. The molecule has 2 rings (SSSR count). The molecule has 0 saturated carbocycles. The molecule has 0 unspecified atom stereocenters. The molecule has 3 N–H and O–H groups in total. The number of aromatic nitrogens is 3.